The molecule has 1 atom stereocenters. The number of amides is 2. The van der Waals surface area contributed by atoms with Crippen LogP contribution in [0, 0.1) is 13.8 Å². The van der Waals surface area contributed by atoms with Crippen molar-refractivity contribution in [1.82, 2.24) is 10.3 Å². The van der Waals surface area contributed by atoms with Crippen molar-refractivity contribution in [2.45, 2.75) is 60.1 Å². The van der Waals surface area contributed by atoms with Gasteiger partial charge in [0.2, 0.25) is 5.91 Å². The van der Waals surface area contributed by atoms with Crippen molar-refractivity contribution >= 4 is 39.6 Å². The summed E-state index contributed by atoms with van der Waals surface area (Å²) in [6.45, 7) is 11.9. The Hall–Kier alpha value is -2.71. The Bertz CT molecular complexity index is 1120. The number of benzene rings is 1. The molecule has 0 radical (unpaired) electrons. The zero-order valence-electron chi connectivity index (χ0n) is 19.2. The number of rotatable bonds is 8. The number of nitrogens with zero attached hydrogens (tertiary/aromatic N) is 1. The molecule has 2 amide bonds. The Labute approximate surface area is 197 Å². The summed E-state index contributed by atoms with van der Waals surface area (Å²) in [7, 11) is 0. The Balaban J connectivity index is 1.69. The van der Waals surface area contributed by atoms with Gasteiger partial charge in [-0.05, 0) is 56.0 Å². The topological polar surface area (TPSA) is 80.3 Å². The van der Waals surface area contributed by atoms with Gasteiger partial charge in [0.15, 0.2) is 11.2 Å². The predicted octanol–water partition coefficient (Wildman–Crippen LogP) is 5.65. The first-order valence-corrected chi connectivity index (χ1v) is 12.2. The van der Waals surface area contributed by atoms with Gasteiger partial charge >= 0.3 is 0 Å². The molecule has 8 heteroatoms. The number of ether oxygens (including phenoxy) is 1. The van der Waals surface area contributed by atoms with Crippen LogP contribution in [0.2, 0.25) is 0 Å². The second kappa shape index (κ2) is 10.3. The second-order valence-corrected chi connectivity index (χ2v) is 10.4. The fourth-order valence-corrected chi connectivity index (χ4v) is 5.05. The van der Waals surface area contributed by atoms with Crippen LogP contribution in [-0.2, 0) is 16.1 Å². The molecule has 0 aliphatic rings. The molecule has 0 fully saturated rings. The van der Waals surface area contributed by atoms with Crippen molar-refractivity contribution < 1.29 is 14.3 Å². The van der Waals surface area contributed by atoms with E-state index in [1.807, 2.05) is 32.0 Å². The van der Waals surface area contributed by atoms with E-state index in [9.17, 15) is 9.59 Å². The van der Waals surface area contributed by atoms with E-state index in [1.54, 1.807) is 18.3 Å². The molecule has 2 heterocycles. The third-order valence-corrected chi connectivity index (χ3v) is 6.88. The highest BCUT2D eigenvalue weighted by atomic mass is 32.1. The van der Waals surface area contributed by atoms with Gasteiger partial charge in [-0.3, -0.25) is 14.9 Å². The number of aromatic nitrogens is 1. The van der Waals surface area contributed by atoms with E-state index in [0.29, 0.717) is 17.6 Å². The normalized spacial score (nSPS) is 12.0. The molecule has 0 spiro atoms. The van der Waals surface area contributed by atoms with Crippen LogP contribution in [0.5, 0.6) is 5.75 Å². The first-order valence-electron chi connectivity index (χ1n) is 10.5. The van der Waals surface area contributed by atoms with Crippen LogP contribution >= 0.6 is 22.7 Å². The van der Waals surface area contributed by atoms with Crippen molar-refractivity contribution in [3.05, 3.63) is 51.2 Å². The number of hydrogen-bond donors (Lipinski definition) is 2. The number of thiophene rings is 1. The quantitative estimate of drug-likeness (QED) is 0.445. The summed E-state index contributed by atoms with van der Waals surface area (Å²) in [5.74, 6) is 0.742. The lowest BCUT2D eigenvalue weighted by Crippen LogP contribution is -2.30. The number of hydrogen-bond acceptors (Lipinski definition) is 6. The van der Waals surface area contributed by atoms with E-state index in [2.05, 4.69) is 41.6 Å². The van der Waals surface area contributed by atoms with Crippen molar-refractivity contribution in [2.75, 3.05) is 5.32 Å². The van der Waals surface area contributed by atoms with Gasteiger partial charge in [0.1, 0.15) is 5.75 Å². The van der Waals surface area contributed by atoms with E-state index in [1.165, 1.54) is 18.3 Å². The zero-order chi connectivity index (χ0) is 23.4. The highest BCUT2D eigenvalue weighted by Crippen LogP contribution is 2.35. The molecule has 1 aromatic carbocycles. The molecule has 0 aliphatic carbocycles. The van der Waals surface area contributed by atoms with Crippen molar-refractivity contribution in [2.24, 2.45) is 0 Å². The van der Waals surface area contributed by atoms with Gasteiger partial charge in [-0.1, -0.05) is 26.0 Å². The minimum atomic E-state index is -0.659. The number of thiazole rings is 1. The number of carbonyl (C=O) groups excluding carboxylic acids is 2. The van der Waals surface area contributed by atoms with Crippen LogP contribution < -0.4 is 15.4 Å². The molecule has 3 rings (SSSR count). The molecule has 2 N–H and O–H groups in total. The van der Waals surface area contributed by atoms with Gasteiger partial charge in [-0.25, -0.2) is 4.98 Å². The summed E-state index contributed by atoms with van der Waals surface area (Å²) in [4.78, 5) is 31.6. The van der Waals surface area contributed by atoms with Crippen LogP contribution in [0.25, 0.3) is 10.6 Å². The molecule has 6 nitrogen and oxygen atoms in total. The number of aryl methyl sites for hydroxylation is 2. The molecule has 32 heavy (non-hydrogen) atoms. The lowest BCUT2D eigenvalue weighted by Gasteiger charge is -2.19. The zero-order valence-corrected chi connectivity index (χ0v) is 20.9. The highest BCUT2D eigenvalue weighted by molar-refractivity contribution is 7.18. The van der Waals surface area contributed by atoms with E-state index in [4.69, 9.17) is 4.74 Å². The van der Waals surface area contributed by atoms with E-state index in [0.717, 1.165) is 37.2 Å². The third kappa shape index (κ3) is 5.95. The summed E-state index contributed by atoms with van der Waals surface area (Å²) < 4.78 is 6.03. The van der Waals surface area contributed by atoms with Gasteiger partial charge in [0.25, 0.3) is 5.91 Å². The Morgan fingerprint density at radius 3 is 2.53 bits per heavy atom. The summed E-state index contributed by atoms with van der Waals surface area (Å²) in [5.41, 5.74) is 3.01. The maximum Gasteiger partial charge on any atom is 0.266 e. The largest absolute Gasteiger partial charge is 0.481 e. The standard InChI is InChI=1S/C24H29N3O3S2/c1-13(2)19-9-7-14(3)11-20(19)30-15(4)23(29)27-24-26-22(16(5)31-24)21-10-8-18(32-21)12-25-17(6)28/h7-11,13,15H,12H2,1-6H3,(H,25,28)(H,26,27,29). The molecular formula is C24H29N3O3S2. The minimum Gasteiger partial charge on any atom is -0.481 e. The lowest BCUT2D eigenvalue weighted by atomic mass is 10.0. The minimum absolute atomic E-state index is 0.0581. The fourth-order valence-electron chi connectivity index (χ4n) is 3.16. The van der Waals surface area contributed by atoms with Crippen molar-refractivity contribution in [1.29, 1.82) is 0 Å². The van der Waals surface area contributed by atoms with Gasteiger partial charge in [0.05, 0.1) is 17.1 Å². The SMILES string of the molecule is CC(=O)NCc1ccc(-c2nc(NC(=O)C(C)Oc3cc(C)ccc3C(C)C)sc2C)s1. The van der Waals surface area contributed by atoms with Crippen molar-refractivity contribution in [3.8, 4) is 16.3 Å². The van der Waals surface area contributed by atoms with E-state index >= 15 is 0 Å². The van der Waals surface area contributed by atoms with Crippen LogP contribution in [0.3, 0.4) is 0 Å². The Morgan fingerprint density at radius 1 is 1.09 bits per heavy atom. The molecule has 0 saturated carbocycles. The van der Waals surface area contributed by atoms with Gasteiger partial charge in [0, 0.05) is 16.7 Å². The van der Waals surface area contributed by atoms with Crippen LogP contribution in [-0.4, -0.2) is 22.9 Å². The summed E-state index contributed by atoms with van der Waals surface area (Å²) in [5, 5.41) is 6.24. The molecule has 2 aromatic heterocycles. The number of carbonyl (C=O) groups is 2. The van der Waals surface area contributed by atoms with E-state index in [-0.39, 0.29) is 11.8 Å². The molecule has 0 saturated heterocycles. The third-order valence-electron chi connectivity index (χ3n) is 4.90. The van der Waals surface area contributed by atoms with Gasteiger partial charge in [-0.15, -0.1) is 22.7 Å². The van der Waals surface area contributed by atoms with Gasteiger partial charge in [-0.2, -0.15) is 0 Å². The first-order chi connectivity index (χ1) is 15.1. The smallest absolute Gasteiger partial charge is 0.266 e. The molecule has 1 unspecified atom stereocenters. The highest BCUT2D eigenvalue weighted by Gasteiger charge is 2.20. The molecule has 0 aliphatic heterocycles. The Kier molecular flexibility index (Phi) is 7.69. The maximum atomic E-state index is 12.8. The lowest BCUT2D eigenvalue weighted by molar-refractivity contribution is -0.122. The molecular weight excluding hydrogens is 442 g/mol. The average Bonchev–Trinajstić information content (AvgIpc) is 3.32. The Morgan fingerprint density at radius 2 is 1.84 bits per heavy atom. The average molecular weight is 472 g/mol. The van der Waals surface area contributed by atoms with Crippen LogP contribution in [0.1, 0.15) is 54.5 Å². The summed E-state index contributed by atoms with van der Waals surface area (Å²) >= 11 is 3.02. The number of nitrogens with one attached hydrogen (secondary N) is 2. The molecule has 3 aromatic rings. The first kappa shape index (κ1) is 23.9. The monoisotopic (exact) mass is 471 g/mol. The van der Waals surface area contributed by atoms with Crippen molar-refractivity contribution in [3.63, 3.8) is 0 Å². The fraction of sp³-hybridized carbons (Fsp3) is 0.375. The molecule has 0 bridgehead atoms. The summed E-state index contributed by atoms with van der Waals surface area (Å²) in [6, 6.07) is 10.1. The number of anilines is 1. The maximum absolute atomic E-state index is 12.8. The second-order valence-electron chi connectivity index (χ2n) is 8.04. The summed E-state index contributed by atoms with van der Waals surface area (Å²) in [6.07, 6.45) is -0.659. The van der Waals surface area contributed by atoms with Crippen LogP contribution in [0.15, 0.2) is 30.3 Å². The van der Waals surface area contributed by atoms with Gasteiger partial charge < -0.3 is 10.1 Å². The van der Waals surface area contributed by atoms with E-state index < -0.39 is 6.10 Å². The van der Waals surface area contributed by atoms with Crippen LogP contribution in [0.4, 0.5) is 5.13 Å². The predicted molar refractivity (Wildman–Crippen MR) is 132 cm³/mol. The molecule has 170 valence electrons.